The second-order valence-electron chi connectivity index (χ2n) is 7.62. The summed E-state index contributed by atoms with van der Waals surface area (Å²) in [6.45, 7) is 1.09. The quantitative estimate of drug-likeness (QED) is 0.309. The normalized spacial score (nSPS) is 11.4. The molecule has 6 nitrogen and oxygen atoms in total. The van der Waals surface area contributed by atoms with Gasteiger partial charge in [-0.1, -0.05) is 24.3 Å². The molecule has 9 heteroatoms. The minimum atomic E-state index is -0.788. The van der Waals surface area contributed by atoms with E-state index in [1.54, 1.807) is 24.3 Å². The van der Waals surface area contributed by atoms with E-state index in [-0.39, 0.29) is 30.6 Å². The first kappa shape index (κ1) is 24.7. The van der Waals surface area contributed by atoms with Crippen molar-refractivity contribution in [2.24, 2.45) is 5.29 Å². The number of hydrogen-bond acceptors (Lipinski definition) is 4. The highest BCUT2D eigenvalue weighted by Gasteiger charge is 2.37. The van der Waals surface area contributed by atoms with E-state index in [0.29, 0.717) is 6.42 Å². The number of carbonyl (C=O) groups is 1. The Balaban J connectivity index is 2.61. The third-order valence-corrected chi connectivity index (χ3v) is 5.42. The number of amides is 2. The van der Waals surface area contributed by atoms with E-state index in [4.69, 9.17) is 11.6 Å². The fourth-order valence-corrected chi connectivity index (χ4v) is 3.95. The monoisotopic (exact) mass is 452 g/mol. The molecule has 168 valence electrons. The molecule has 0 aliphatic carbocycles. The van der Waals surface area contributed by atoms with E-state index in [1.807, 2.05) is 24.4 Å². The topological polar surface area (TPSA) is 65.0 Å². The fraction of sp³-hybridized carbons (Fsp3) is 0.409. The van der Waals surface area contributed by atoms with Gasteiger partial charge in [0.25, 0.3) is 0 Å². The molecular weight excluding hydrogens is 426 g/mol. The van der Waals surface area contributed by atoms with Crippen molar-refractivity contribution in [3.63, 3.8) is 0 Å². The van der Waals surface area contributed by atoms with Gasteiger partial charge < -0.3 is 9.80 Å². The molecule has 2 aromatic carbocycles. The molecular formula is C22H27ClF2N4O2. The Bertz CT molecular complexity index is 802. The zero-order valence-electron chi connectivity index (χ0n) is 17.7. The van der Waals surface area contributed by atoms with Gasteiger partial charge in [-0.25, -0.2) is 13.6 Å². The van der Waals surface area contributed by atoms with Crippen LogP contribution in [-0.4, -0.2) is 55.4 Å². The summed E-state index contributed by atoms with van der Waals surface area (Å²) in [6.07, 6.45) is 1.34. The van der Waals surface area contributed by atoms with E-state index in [1.165, 1.54) is 29.2 Å². The smallest absolute Gasteiger partial charge is 0.321 e. The fourth-order valence-electron chi connectivity index (χ4n) is 3.74. The molecule has 0 bridgehead atoms. The Morgan fingerprint density at radius 3 is 1.94 bits per heavy atom. The molecule has 0 aromatic heterocycles. The van der Waals surface area contributed by atoms with Crippen molar-refractivity contribution in [1.82, 2.24) is 15.2 Å². The lowest BCUT2D eigenvalue weighted by atomic mass is 9.70. The minimum Gasteiger partial charge on any atom is -0.321 e. The number of urea groups is 1. The molecule has 2 amide bonds. The lowest BCUT2D eigenvalue weighted by molar-refractivity contribution is 0.186. The van der Waals surface area contributed by atoms with Crippen LogP contribution < -0.4 is 5.43 Å². The number of carbonyl (C=O) groups excluding carboxylic acids is 1. The number of halogens is 3. The standard InChI is InChI=1S/C22H27ClF2N4O2/c1-28(2)14-3-12-22(17-4-8-19(24)9-5-17,18-6-10-20(25)11-7-18)16-29(15-13-23)21(30)26-27-31/h4-11H,3,12-16H2,1-2H3,(H,26,30,31). The van der Waals surface area contributed by atoms with E-state index < -0.39 is 11.4 Å². The van der Waals surface area contributed by atoms with Crippen LogP contribution in [0.5, 0.6) is 0 Å². The van der Waals surface area contributed by atoms with Crippen molar-refractivity contribution in [1.29, 1.82) is 0 Å². The molecule has 0 spiro atoms. The van der Waals surface area contributed by atoms with Gasteiger partial charge in [-0.05, 0) is 68.9 Å². The van der Waals surface area contributed by atoms with Crippen LogP contribution in [0.3, 0.4) is 0 Å². The van der Waals surface area contributed by atoms with E-state index in [0.717, 1.165) is 24.1 Å². The molecule has 0 heterocycles. The second kappa shape index (κ2) is 11.7. The van der Waals surface area contributed by atoms with Gasteiger partial charge in [0.15, 0.2) is 0 Å². The van der Waals surface area contributed by atoms with Crippen LogP contribution in [0.15, 0.2) is 53.8 Å². The summed E-state index contributed by atoms with van der Waals surface area (Å²) < 4.78 is 27.4. The van der Waals surface area contributed by atoms with Crippen LogP contribution >= 0.6 is 11.6 Å². The SMILES string of the molecule is CN(C)CCCC(CN(CCCl)C(=O)NN=O)(c1ccc(F)cc1)c1ccc(F)cc1. The number of nitrogens with one attached hydrogen (secondary N) is 1. The van der Waals surface area contributed by atoms with Crippen molar-refractivity contribution in [2.45, 2.75) is 18.3 Å². The van der Waals surface area contributed by atoms with Crippen molar-refractivity contribution in [3.05, 3.63) is 76.2 Å². The maximum atomic E-state index is 13.7. The molecule has 0 radical (unpaired) electrons. The van der Waals surface area contributed by atoms with Gasteiger partial charge in [0.2, 0.25) is 0 Å². The van der Waals surface area contributed by atoms with Crippen molar-refractivity contribution in [3.8, 4) is 0 Å². The van der Waals surface area contributed by atoms with Crippen LogP contribution in [0.4, 0.5) is 13.6 Å². The lowest BCUT2D eigenvalue weighted by Crippen LogP contribution is -2.48. The Hall–Kier alpha value is -2.58. The number of benzene rings is 2. The maximum absolute atomic E-state index is 13.7. The summed E-state index contributed by atoms with van der Waals surface area (Å²) in [6, 6.07) is 11.4. The first-order valence-electron chi connectivity index (χ1n) is 9.92. The molecule has 1 N–H and O–H groups in total. The van der Waals surface area contributed by atoms with Crippen LogP contribution in [0.25, 0.3) is 0 Å². The van der Waals surface area contributed by atoms with Crippen molar-refractivity contribution < 1.29 is 13.6 Å². The summed E-state index contributed by atoms with van der Waals surface area (Å²) in [5, 5.41) is 2.48. The highest BCUT2D eigenvalue weighted by Crippen LogP contribution is 2.38. The maximum Gasteiger partial charge on any atom is 0.340 e. The first-order chi connectivity index (χ1) is 14.8. The first-order valence-corrected chi connectivity index (χ1v) is 10.5. The van der Waals surface area contributed by atoms with Crippen LogP contribution in [0.1, 0.15) is 24.0 Å². The number of hydrogen-bond donors (Lipinski definition) is 1. The molecule has 0 aliphatic heterocycles. The Labute approximate surface area is 186 Å². The second-order valence-corrected chi connectivity index (χ2v) is 8.00. The Morgan fingerprint density at radius 1 is 1.00 bits per heavy atom. The summed E-state index contributed by atoms with van der Waals surface area (Å²) >= 11 is 5.91. The summed E-state index contributed by atoms with van der Waals surface area (Å²) in [5.74, 6) is -0.622. The van der Waals surface area contributed by atoms with Gasteiger partial charge in [0.05, 0.1) is 5.29 Å². The highest BCUT2D eigenvalue weighted by molar-refractivity contribution is 6.18. The number of nitrogens with zero attached hydrogens (tertiary/aromatic N) is 3. The average molecular weight is 453 g/mol. The Morgan fingerprint density at radius 2 is 1.52 bits per heavy atom. The van der Waals surface area contributed by atoms with Gasteiger partial charge in [-0.2, -0.15) is 5.43 Å². The van der Waals surface area contributed by atoms with Crippen LogP contribution in [0, 0.1) is 16.5 Å². The molecule has 0 saturated heterocycles. The zero-order chi connectivity index (χ0) is 22.9. The molecule has 2 aromatic rings. The molecule has 31 heavy (non-hydrogen) atoms. The largest absolute Gasteiger partial charge is 0.340 e. The molecule has 0 saturated carbocycles. The van der Waals surface area contributed by atoms with Crippen LogP contribution in [-0.2, 0) is 5.41 Å². The molecule has 0 aliphatic rings. The Kier molecular flexibility index (Phi) is 9.33. The van der Waals surface area contributed by atoms with Crippen molar-refractivity contribution in [2.75, 3.05) is 39.6 Å². The summed E-state index contributed by atoms with van der Waals surface area (Å²) in [7, 11) is 3.92. The number of alkyl halides is 1. The van der Waals surface area contributed by atoms with Gasteiger partial charge in [-0.15, -0.1) is 16.5 Å². The van der Waals surface area contributed by atoms with Crippen molar-refractivity contribution >= 4 is 17.6 Å². The predicted octanol–water partition coefficient (Wildman–Crippen LogP) is 4.52. The van der Waals surface area contributed by atoms with E-state index >= 15 is 0 Å². The van der Waals surface area contributed by atoms with Gasteiger partial charge in [-0.3, -0.25) is 0 Å². The molecule has 2 rings (SSSR count). The number of nitroso groups, excluding NO2 is 1. The summed E-state index contributed by atoms with van der Waals surface area (Å²) in [4.78, 5) is 26.6. The number of rotatable bonds is 11. The zero-order valence-corrected chi connectivity index (χ0v) is 18.4. The highest BCUT2D eigenvalue weighted by atomic mass is 35.5. The van der Waals surface area contributed by atoms with E-state index in [9.17, 15) is 18.5 Å². The predicted molar refractivity (Wildman–Crippen MR) is 118 cm³/mol. The minimum absolute atomic E-state index is 0.145. The molecule has 0 fully saturated rings. The van der Waals surface area contributed by atoms with Gasteiger partial charge in [0.1, 0.15) is 11.6 Å². The third-order valence-electron chi connectivity index (χ3n) is 5.25. The third kappa shape index (κ3) is 6.70. The lowest BCUT2D eigenvalue weighted by Gasteiger charge is -2.39. The van der Waals surface area contributed by atoms with Gasteiger partial charge in [0, 0.05) is 24.4 Å². The molecule has 0 unspecified atom stereocenters. The van der Waals surface area contributed by atoms with Gasteiger partial charge >= 0.3 is 6.03 Å². The molecule has 0 atom stereocenters. The summed E-state index contributed by atoms with van der Waals surface area (Å²) in [5.41, 5.74) is 2.67. The van der Waals surface area contributed by atoms with Crippen LogP contribution in [0.2, 0.25) is 0 Å². The average Bonchev–Trinajstić information content (AvgIpc) is 2.73. The van der Waals surface area contributed by atoms with E-state index in [2.05, 4.69) is 5.29 Å².